The summed E-state index contributed by atoms with van der Waals surface area (Å²) in [6, 6.07) is 1.91. The van der Waals surface area contributed by atoms with Gasteiger partial charge in [-0.25, -0.2) is 0 Å². The Hall–Kier alpha value is -1.27. The molecule has 2 rings (SSSR count). The van der Waals surface area contributed by atoms with E-state index in [-0.39, 0.29) is 0 Å². The molecule has 2 aromatic heterocycles. The zero-order chi connectivity index (χ0) is 12.8. The third-order valence-electron chi connectivity index (χ3n) is 2.49. The maximum atomic E-state index is 4.20. The Balaban J connectivity index is 1.74. The Labute approximate surface area is 111 Å². The molecule has 0 spiro atoms. The van der Waals surface area contributed by atoms with E-state index in [4.69, 9.17) is 0 Å². The fourth-order valence-corrected chi connectivity index (χ4v) is 2.45. The van der Waals surface area contributed by atoms with Gasteiger partial charge >= 0.3 is 0 Å². The van der Waals surface area contributed by atoms with Crippen molar-refractivity contribution in [1.29, 1.82) is 0 Å². The van der Waals surface area contributed by atoms with Crippen molar-refractivity contribution < 1.29 is 0 Å². The fraction of sp³-hybridized carbons (Fsp3) is 0.583. The fourth-order valence-electron chi connectivity index (χ4n) is 1.59. The van der Waals surface area contributed by atoms with Crippen molar-refractivity contribution in [2.75, 3.05) is 13.1 Å². The molecule has 2 aromatic rings. The first-order valence-corrected chi connectivity index (χ1v) is 7.10. The molecule has 6 heteroatoms. The van der Waals surface area contributed by atoms with Crippen LogP contribution < -0.4 is 5.32 Å². The predicted molar refractivity (Wildman–Crippen MR) is 73.5 cm³/mol. The molecular weight excluding hydrogens is 246 g/mol. The van der Waals surface area contributed by atoms with Gasteiger partial charge in [0.2, 0.25) is 0 Å². The highest BCUT2D eigenvalue weighted by Gasteiger charge is 2.07. The van der Waals surface area contributed by atoms with Crippen LogP contribution in [-0.4, -0.2) is 33.5 Å². The standard InChI is InChI=1S/C12H19N5S/c1-9(2)8-13-6-3-4-11-16-17-12(18-11)10-5-7-14-15-10/h5,7,9,13H,3-4,6,8H2,1-2H3,(H,14,15). The van der Waals surface area contributed by atoms with Crippen LogP contribution in [0, 0.1) is 5.92 Å². The minimum Gasteiger partial charge on any atom is -0.316 e. The second kappa shape index (κ2) is 6.61. The summed E-state index contributed by atoms with van der Waals surface area (Å²) < 4.78 is 0. The molecule has 0 unspecified atom stereocenters. The lowest BCUT2D eigenvalue weighted by Gasteiger charge is -2.05. The zero-order valence-electron chi connectivity index (χ0n) is 10.8. The topological polar surface area (TPSA) is 66.5 Å². The number of H-pyrrole nitrogens is 1. The van der Waals surface area contributed by atoms with E-state index in [1.54, 1.807) is 17.5 Å². The van der Waals surface area contributed by atoms with Crippen molar-refractivity contribution in [2.24, 2.45) is 5.92 Å². The summed E-state index contributed by atoms with van der Waals surface area (Å²) in [7, 11) is 0. The van der Waals surface area contributed by atoms with Crippen LogP contribution in [0.2, 0.25) is 0 Å². The van der Waals surface area contributed by atoms with Crippen LogP contribution in [0.5, 0.6) is 0 Å². The maximum Gasteiger partial charge on any atom is 0.165 e. The smallest absolute Gasteiger partial charge is 0.165 e. The molecule has 0 radical (unpaired) electrons. The van der Waals surface area contributed by atoms with Gasteiger partial charge < -0.3 is 5.32 Å². The minimum atomic E-state index is 0.707. The van der Waals surface area contributed by atoms with Gasteiger partial charge in [0.15, 0.2) is 5.01 Å². The summed E-state index contributed by atoms with van der Waals surface area (Å²) in [5.74, 6) is 0.707. The Morgan fingerprint density at radius 1 is 1.39 bits per heavy atom. The van der Waals surface area contributed by atoms with Gasteiger partial charge in [0.1, 0.15) is 5.01 Å². The van der Waals surface area contributed by atoms with Gasteiger partial charge in [-0.15, -0.1) is 10.2 Å². The Bertz CT molecular complexity index is 449. The van der Waals surface area contributed by atoms with Gasteiger partial charge in [0.05, 0.1) is 5.69 Å². The number of aromatic amines is 1. The molecule has 0 saturated carbocycles. The largest absolute Gasteiger partial charge is 0.316 e. The van der Waals surface area contributed by atoms with Crippen LogP contribution >= 0.6 is 11.3 Å². The van der Waals surface area contributed by atoms with Crippen LogP contribution in [0.3, 0.4) is 0 Å². The van der Waals surface area contributed by atoms with Gasteiger partial charge in [-0.05, 0) is 31.5 Å². The monoisotopic (exact) mass is 265 g/mol. The molecule has 2 N–H and O–H groups in total. The lowest BCUT2D eigenvalue weighted by Crippen LogP contribution is -2.21. The number of hydrogen-bond donors (Lipinski definition) is 2. The number of nitrogens with zero attached hydrogens (tertiary/aromatic N) is 3. The molecule has 0 aromatic carbocycles. The zero-order valence-corrected chi connectivity index (χ0v) is 11.6. The van der Waals surface area contributed by atoms with Gasteiger partial charge in [0.25, 0.3) is 0 Å². The van der Waals surface area contributed by atoms with Gasteiger partial charge in [-0.2, -0.15) is 5.10 Å². The predicted octanol–water partition coefficient (Wildman–Crippen LogP) is 2.11. The van der Waals surface area contributed by atoms with E-state index in [0.717, 1.165) is 41.6 Å². The minimum absolute atomic E-state index is 0.707. The average molecular weight is 265 g/mol. The summed E-state index contributed by atoms with van der Waals surface area (Å²) in [5, 5.41) is 20.6. The van der Waals surface area contributed by atoms with E-state index in [2.05, 4.69) is 39.6 Å². The Morgan fingerprint density at radius 2 is 2.28 bits per heavy atom. The van der Waals surface area contributed by atoms with Crippen LogP contribution in [0.15, 0.2) is 12.3 Å². The number of aryl methyl sites for hydroxylation is 1. The maximum absolute atomic E-state index is 4.20. The number of hydrogen-bond acceptors (Lipinski definition) is 5. The van der Waals surface area contributed by atoms with E-state index in [9.17, 15) is 0 Å². The molecular formula is C12H19N5S. The molecule has 0 aliphatic heterocycles. The molecule has 0 atom stereocenters. The molecule has 0 bridgehead atoms. The molecule has 0 aliphatic carbocycles. The van der Waals surface area contributed by atoms with Crippen LogP contribution in [-0.2, 0) is 6.42 Å². The van der Waals surface area contributed by atoms with Crippen molar-refractivity contribution >= 4 is 11.3 Å². The summed E-state index contributed by atoms with van der Waals surface area (Å²) in [4.78, 5) is 0. The first-order valence-electron chi connectivity index (χ1n) is 6.28. The Kier molecular flexibility index (Phi) is 4.83. The second-order valence-corrected chi connectivity index (χ2v) is 5.73. The summed E-state index contributed by atoms with van der Waals surface area (Å²) in [6.45, 7) is 6.55. The van der Waals surface area contributed by atoms with Crippen molar-refractivity contribution in [1.82, 2.24) is 25.7 Å². The average Bonchev–Trinajstić information content (AvgIpc) is 2.98. The van der Waals surface area contributed by atoms with Crippen molar-refractivity contribution in [3.05, 3.63) is 17.3 Å². The highest BCUT2D eigenvalue weighted by molar-refractivity contribution is 7.14. The second-order valence-electron chi connectivity index (χ2n) is 4.67. The quantitative estimate of drug-likeness (QED) is 0.752. The molecule has 0 aliphatic rings. The van der Waals surface area contributed by atoms with E-state index in [1.807, 2.05) is 6.07 Å². The van der Waals surface area contributed by atoms with Gasteiger partial charge in [0, 0.05) is 12.6 Å². The van der Waals surface area contributed by atoms with Gasteiger partial charge in [-0.1, -0.05) is 25.2 Å². The molecule has 5 nitrogen and oxygen atoms in total. The van der Waals surface area contributed by atoms with E-state index in [1.165, 1.54) is 0 Å². The normalized spacial score (nSPS) is 11.3. The lowest BCUT2D eigenvalue weighted by molar-refractivity contribution is 0.542. The van der Waals surface area contributed by atoms with E-state index >= 15 is 0 Å². The molecule has 0 amide bonds. The summed E-state index contributed by atoms with van der Waals surface area (Å²) >= 11 is 1.63. The van der Waals surface area contributed by atoms with Crippen LogP contribution in [0.25, 0.3) is 10.7 Å². The number of nitrogens with one attached hydrogen (secondary N) is 2. The molecule has 2 heterocycles. The highest BCUT2D eigenvalue weighted by Crippen LogP contribution is 2.21. The molecule has 0 fully saturated rings. The molecule has 18 heavy (non-hydrogen) atoms. The summed E-state index contributed by atoms with van der Waals surface area (Å²) in [6.07, 6.45) is 3.81. The first-order chi connectivity index (χ1) is 8.75. The van der Waals surface area contributed by atoms with Crippen molar-refractivity contribution in [3.63, 3.8) is 0 Å². The van der Waals surface area contributed by atoms with E-state index in [0.29, 0.717) is 5.92 Å². The number of aromatic nitrogens is 4. The molecule has 0 saturated heterocycles. The van der Waals surface area contributed by atoms with Crippen LogP contribution in [0.1, 0.15) is 25.3 Å². The highest BCUT2D eigenvalue weighted by atomic mass is 32.1. The van der Waals surface area contributed by atoms with Crippen LogP contribution in [0.4, 0.5) is 0 Å². The number of rotatable bonds is 7. The third-order valence-corrected chi connectivity index (χ3v) is 3.51. The van der Waals surface area contributed by atoms with Gasteiger partial charge in [-0.3, -0.25) is 5.10 Å². The SMILES string of the molecule is CC(C)CNCCCc1nnc(-c2ccn[nH]2)s1. The first kappa shape index (κ1) is 13.2. The third kappa shape index (κ3) is 3.89. The van der Waals surface area contributed by atoms with E-state index < -0.39 is 0 Å². The molecule has 98 valence electrons. The van der Waals surface area contributed by atoms with Crippen molar-refractivity contribution in [2.45, 2.75) is 26.7 Å². The summed E-state index contributed by atoms with van der Waals surface area (Å²) in [5.41, 5.74) is 0.941. The van der Waals surface area contributed by atoms with Crippen molar-refractivity contribution in [3.8, 4) is 10.7 Å². The Morgan fingerprint density at radius 3 is 3.00 bits per heavy atom. The lowest BCUT2D eigenvalue weighted by atomic mass is 10.2.